The van der Waals surface area contributed by atoms with Gasteiger partial charge in [0.2, 0.25) is 0 Å². The molecule has 2 aromatic rings. The minimum absolute atomic E-state index is 0.203. The molecule has 1 heterocycles. The van der Waals surface area contributed by atoms with Gasteiger partial charge in [0.1, 0.15) is 5.82 Å². The summed E-state index contributed by atoms with van der Waals surface area (Å²) >= 11 is 12.0. The number of nitrogens with one attached hydrogen (secondary N) is 1. The van der Waals surface area contributed by atoms with Crippen molar-refractivity contribution in [3.63, 3.8) is 0 Å². The first-order chi connectivity index (χ1) is 15.2. The van der Waals surface area contributed by atoms with E-state index in [2.05, 4.69) is 5.32 Å². The Labute approximate surface area is 195 Å². The summed E-state index contributed by atoms with van der Waals surface area (Å²) in [5.41, 5.74) is 1.10. The van der Waals surface area contributed by atoms with Gasteiger partial charge in [0, 0.05) is 28.7 Å². The molecule has 1 N–H and O–H groups in total. The molecule has 0 spiro atoms. The molecule has 0 saturated carbocycles. The fraction of sp³-hybridized carbons (Fsp3) is 0.348. The van der Waals surface area contributed by atoms with Gasteiger partial charge in [-0.05, 0) is 61.7 Å². The number of carbonyl (C=O) groups is 3. The van der Waals surface area contributed by atoms with E-state index in [1.807, 2.05) is 0 Å². The van der Waals surface area contributed by atoms with Gasteiger partial charge in [-0.15, -0.1) is 0 Å². The predicted molar refractivity (Wildman–Crippen MR) is 119 cm³/mol. The summed E-state index contributed by atoms with van der Waals surface area (Å²) < 4.78 is 18.2. The number of hydrogen-bond donors (Lipinski definition) is 1. The molecule has 0 radical (unpaired) electrons. The molecule has 3 rings (SSSR count). The molecule has 0 aromatic heterocycles. The number of esters is 1. The minimum Gasteiger partial charge on any atom is -0.455 e. The Morgan fingerprint density at radius 1 is 1.12 bits per heavy atom. The Hall–Kier alpha value is -2.64. The highest BCUT2D eigenvalue weighted by atomic mass is 35.5. The van der Waals surface area contributed by atoms with E-state index in [0.717, 1.165) is 0 Å². The smallest absolute Gasteiger partial charge is 0.309 e. The molecule has 32 heavy (non-hydrogen) atoms. The normalized spacial score (nSPS) is 15.2. The third-order valence-corrected chi connectivity index (χ3v) is 5.92. The molecule has 1 fully saturated rings. The van der Waals surface area contributed by atoms with Crippen LogP contribution in [0, 0.1) is 11.7 Å². The van der Waals surface area contributed by atoms with Gasteiger partial charge in [-0.1, -0.05) is 29.3 Å². The summed E-state index contributed by atoms with van der Waals surface area (Å²) in [5, 5.41) is 3.67. The molecular weight excluding hydrogens is 458 g/mol. The number of piperidine rings is 1. The fourth-order valence-corrected chi connectivity index (χ4v) is 4.13. The van der Waals surface area contributed by atoms with E-state index in [-0.39, 0.29) is 17.9 Å². The van der Waals surface area contributed by atoms with Gasteiger partial charge < -0.3 is 15.0 Å². The lowest BCUT2D eigenvalue weighted by atomic mass is 9.96. The Bertz CT molecular complexity index is 992. The van der Waals surface area contributed by atoms with Crippen molar-refractivity contribution < 1.29 is 23.5 Å². The number of benzene rings is 2. The fourth-order valence-electron chi connectivity index (χ4n) is 3.56. The Morgan fingerprint density at radius 3 is 2.41 bits per heavy atom. The number of hydrogen-bond acceptors (Lipinski definition) is 4. The molecule has 0 bridgehead atoms. The second-order valence-corrected chi connectivity index (χ2v) is 8.48. The molecule has 1 aliphatic heterocycles. The highest BCUT2D eigenvalue weighted by Gasteiger charge is 2.29. The zero-order chi connectivity index (χ0) is 23.3. The molecule has 1 atom stereocenters. The van der Waals surface area contributed by atoms with Crippen LogP contribution in [-0.2, 0) is 14.3 Å². The van der Waals surface area contributed by atoms with Gasteiger partial charge in [0.05, 0.1) is 12.0 Å². The van der Waals surface area contributed by atoms with Crippen LogP contribution in [0.5, 0.6) is 0 Å². The van der Waals surface area contributed by atoms with Crippen molar-refractivity contribution in [1.82, 2.24) is 10.2 Å². The summed E-state index contributed by atoms with van der Waals surface area (Å²) in [6, 6.07) is 9.97. The highest BCUT2D eigenvalue weighted by molar-refractivity contribution is 6.35. The average molecular weight is 481 g/mol. The topological polar surface area (TPSA) is 75.7 Å². The summed E-state index contributed by atoms with van der Waals surface area (Å²) in [5.74, 6) is -1.90. The maximum atomic E-state index is 13.0. The van der Waals surface area contributed by atoms with E-state index < -0.39 is 24.3 Å². The van der Waals surface area contributed by atoms with Crippen LogP contribution in [0.3, 0.4) is 0 Å². The van der Waals surface area contributed by atoms with Gasteiger partial charge in [0.25, 0.3) is 11.8 Å². The largest absolute Gasteiger partial charge is 0.455 e. The van der Waals surface area contributed by atoms with Crippen LogP contribution in [0.2, 0.25) is 10.0 Å². The molecular formula is C23H23Cl2FN2O4. The van der Waals surface area contributed by atoms with Gasteiger partial charge in [0.15, 0.2) is 6.61 Å². The van der Waals surface area contributed by atoms with E-state index in [9.17, 15) is 18.8 Å². The number of amides is 2. The van der Waals surface area contributed by atoms with E-state index in [1.54, 1.807) is 30.0 Å². The number of nitrogens with zero attached hydrogens (tertiary/aromatic N) is 1. The lowest BCUT2D eigenvalue weighted by Gasteiger charge is -2.31. The number of likely N-dealkylation sites (tertiary alicyclic amines) is 1. The second-order valence-electron chi connectivity index (χ2n) is 7.64. The zero-order valence-electron chi connectivity index (χ0n) is 17.4. The molecule has 1 aliphatic rings. The molecule has 170 valence electrons. The lowest BCUT2D eigenvalue weighted by molar-refractivity contribution is -0.154. The molecule has 9 heteroatoms. The van der Waals surface area contributed by atoms with E-state index in [0.29, 0.717) is 47.1 Å². The first-order valence-corrected chi connectivity index (χ1v) is 11.0. The van der Waals surface area contributed by atoms with Gasteiger partial charge >= 0.3 is 5.97 Å². The molecule has 0 aliphatic carbocycles. The van der Waals surface area contributed by atoms with Crippen LogP contribution in [0.1, 0.15) is 41.7 Å². The molecule has 1 unspecified atom stereocenters. The van der Waals surface area contributed by atoms with Crippen LogP contribution in [0.15, 0.2) is 42.5 Å². The highest BCUT2D eigenvalue weighted by Crippen LogP contribution is 2.26. The van der Waals surface area contributed by atoms with Gasteiger partial charge in [-0.2, -0.15) is 0 Å². The van der Waals surface area contributed by atoms with Crippen molar-refractivity contribution in [2.75, 3.05) is 19.7 Å². The number of ether oxygens (including phenoxy) is 1. The molecule has 2 aromatic carbocycles. The second kappa shape index (κ2) is 10.8. The number of halogens is 3. The Morgan fingerprint density at radius 2 is 1.78 bits per heavy atom. The summed E-state index contributed by atoms with van der Waals surface area (Å²) in [4.78, 5) is 38.6. The van der Waals surface area contributed by atoms with Crippen molar-refractivity contribution in [3.05, 3.63) is 69.5 Å². The monoisotopic (exact) mass is 480 g/mol. The van der Waals surface area contributed by atoms with E-state index >= 15 is 0 Å². The molecule has 6 nitrogen and oxygen atoms in total. The standard InChI is InChI=1S/C23H23Cl2FN2O4/c1-14(19-7-4-17(24)12-20(19)25)27-21(29)13-32-23(31)16-8-10-28(11-9-16)22(30)15-2-5-18(26)6-3-15/h2-7,12,14,16H,8-11,13H2,1H3,(H,27,29). The van der Waals surface area contributed by atoms with Crippen molar-refractivity contribution in [3.8, 4) is 0 Å². The van der Waals surface area contributed by atoms with E-state index in [1.165, 1.54) is 24.3 Å². The molecule has 2 amide bonds. The number of rotatable bonds is 6. The average Bonchev–Trinajstić information content (AvgIpc) is 2.77. The van der Waals surface area contributed by atoms with Crippen LogP contribution in [0.25, 0.3) is 0 Å². The van der Waals surface area contributed by atoms with Crippen LogP contribution in [0.4, 0.5) is 4.39 Å². The summed E-state index contributed by atoms with van der Waals surface area (Å²) in [6.45, 7) is 2.13. The van der Waals surface area contributed by atoms with Crippen LogP contribution >= 0.6 is 23.2 Å². The number of carbonyl (C=O) groups excluding carboxylic acids is 3. The van der Waals surface area contributed by atoms with Crippen molar-refractivity contribution in [2.24, 2.45) is 5.92 Å². The SMILES string of the molecule is CC(NC(=O)COC(=O)C1CCN(C(=O)c2ccc(F)cc2)CC1)c1ccc(Cl)cc1Cl. The predicted octanol–water partition coefficient (Wildman–Crippen LogP) is 4.41. The third kappa shape index (κ3) is 6.20. The van der Waals surface area contributed by atoms with Crippen molar-refractivity contribution in [2.45, 2.75) is 25.8 Å². The van der Waals surface area contributed by atoms with Crippen LogP contribution in [-0.4, -0.2) is 42.4 Å². The minimum atomic E-state index is -0.466. The lowest BCUT2D eigenvalue weighted by Crippen LogP contribution is -2.41. The van der Waals surface area contributed by atoms with Crippen molar-refractivity contribution in [1.29, 1.82) is 0 Å². The van der Waals surface area contributed by atoms with Crippen LogP contribution < -0.4 is 5.32 Å². The first kappa shape index (κ1) is 24.0. The Kier molecular flexibility index (Phi) is 8.10. The van der Waals surface area contributed by atoms with Gasteiger partial charge in [-0.25, -0.2) is 4.39 Å². The van der Waals surface area contributed by atoms with Crippen molar-refractivity contribution >= 4 is 41.0 Å². The third-order valence-electron chi connectivity index (χ3n) is 5.36. The maximum Gasteiger partial charge on any atom is 0.309 e. The van der Waals surface area contributed by atoms with E-state index in [4.69, 9.17) is 27.9 Å². The van der Waals surface area contributed by atoms with Gasteiger partial charge in [-0.3, -0.25) is 14.4 Å². The molecule has 1 saturated heterocycles. The Balaban J connectivity index is 1.43. The summed E-state index contributed by atoms with van der Waals surface area (Å²) in [7, 11) is 0. The first-order valence-electron chi connectivity index (χ1n) is 10.2. The maximum absolute atomic E-state index is 13.0. The summed E-state index contributed by atoms with van der Waals surface area (Å²) in [6.07, 6.45) is 0.869. The zero-order valence-corrected chi connectivity index (χ0v) is 19.0. The quantitative estimate of drug-likeness (QED) is 0.621.